The summed E-state index contributed by atoms with van der Waals surface area (Å²) in [6.45, 7) is 6.50. The topological polar surface area (TPSA) is 119 Å². The first-order valence-electron chi connectivity index (χ1n) is 16.2. The van der Waals surface area contributed by atoms with Gasteiger partial charge >= 0.3 is 15.5 Å². The van der Waals surface area contributed by atoms with E-state index in [1.54, 1.807) is 0 Å². The molecule has 50 heavy (non-hydrogen) atoms. The number of anilines is 1. The number of amides is 2. The number of aliphatic hydroxyl groups excluding tert-OH is 1. The van der Waals surface area contributed by atoms with Crippen molar-refractivity contribution in [3.8, 4) is 0 Å². The number of hydrogen-bond donors (Lipinski definition) is 3. The van der Waals surface area contributed by atoms with Gasteiger partial charge in [-0.25, -0.2) is 8.78 Å². The molecular formula is C35H43F5N4O5S. The van der Waals surface area contributed by atoms with Gasteiger partial charge in [0.25, 0.3) is 11.8 Å². The Bertz CT molecular complexity index is 1710. The van der Waals surface area contributed by atoms with Crippen LogP contribution in [-0.4, -0.2) is 74.6 Å². The zero-order chi connectivity index (χ0) is 37.2. The molecule has 3 rings (SSSR count). The average Bonchev–Trinajstić information content (AvgIpc) is 3.06. The predicted molar refractivity (Wildman–Crippen MR) is 181 cm³/mol. The number of aryl methyl sites for hydroxylation is 1. The summed E-state index contributed by atoms with van der Waals surface area (Å²) in [6.07, 6.45) is 0.320. The van der Waals surface area contributed by atoms with Gasteiger partial charge in [0.05, 0.1) is 17.8 Å². The third-order valence-corrected chi connectivity index (χ3v) is 9.48. The fraction of sp³-hybridized carbons (Fsp3) is 0.429. The molecule has 0 aliphatic carbocycles. The Balaban J connectivity index is 2.01. The van der Waals surface area contributed by atoms with Crippen molar-refractivity contribution in [2.24, 2.45) is 0 Å². The molecule has 0 aliphatic heterocycles. The highest BCUT2D eigenvalue weighted by Crippen LogP contribution is 2.31. The number of sulfonamides is 1. The molecule has 0 heterocycles. The minimum Gasteiger partial charge on any atom is -0.390 e. The quantitative estimate of drug-likeness (QED) is 0.157. The number of nitrogens with zero attached hydrogens (tertiary/aromatic N) is 2. The van der Waals surface area contributed by atoms with Gasteiger partial charge in [0.1, 0.15) is 11.6 Å². The maximum absolute atomic E-state index is 14.1. The lowest BCUT2D eigenvalue weighted by Gasteiger charge is -2.26. The number of nitrogens with one attached hydrogen (secondary N) is 2. The number of alkyl halides is 3. The van der Waals surface area contributed by atoms with E-state index in [1.165, 1.54) is 4.90 Å². The smallest absolute Gasteiger partial charge is 0.390 e. The van der Waals surface area contributed by atoms with Crippen LogP contribution in [0.2, 0.25) is 0 Å². The number of carbonyl (C=O) groups excluding carboxylic acids is 2. The molecule has 0 saturated heterocycles. The van der Waals surface area contributed by atoms with Gasteiger partial charge in [-0.3, -0.25) is 13.9 Å². The summed E-state index contributed by atoms with van der Waals surface area (Å²) < 4.78 is 93.3. The summed E-state index contributed by atoms with van der Waals surface area (Å²) in [5, 5.41) is 16.9. The van der Waals surface area contributed by atoms with Crippen molar-refractivity contribution in [2.45, 2.75) is 70.7 Å². The van der Waals surface area contributed by atoms with Crippen LogP contribution >= 0.6 is 0 Å². The Labute approximate surface area is 289 Å². The highest BCUT2D eigenvalue weighted by molar-refractivity contribution is 7.93. The molecule has 0 aromatic heterocycles. The van der Waals surface area contributed by atoms with E-state index in [-0.39, 0.29) is 34.0 Å². The van der Waals surface area contributed by atoms with Crippen LogP contribution < -0.4 is 14.9 Å². The summed E-state index contributed by atoms with van der Waals surface area (Å²) in [4.78, 5) is 28.7. The second-order valence-corrected chi connectivity index (χ2v) is 13.9. The van der Waals surface area contributed by atoms with Gasteiger partial charge in [0, 0.05) is 50.4 Å². The van der Waals surface area contributed by atoms with Crippen LogP contribution in [0.15, 0.2) is 60.7 Å². The standard InChI is InChI=1S/C35H43F5N4O5S/c1-5-11-44(12-6-2)34(47)27-17-26(18-30(19-27)43(4)50(48,49)35(38,39)40)33(46)42-31(16-25-14-28(36)20-29(37)15-25)32(45)22-41-21-24-10-8-9-23(7-3)13-24/h8-10,13-15,17-20,31-32,41,45H,5-7,11-12,16,21-22H2,1-4H3,(H,42,46)/t31-,32+/m0/s1. The van der Waals surface area contributed by atoms with Crippen molar-refractivity contribution in [2.75, 3.05) is 31.0 Å². The second kappa shape index (κ2) is 17.7. The summed E-state index contributed by atoms with van der Waals surface area (Å²) in [5.74, 6) is -3.39. The molecule has 0 bridgehead atoms. The highest BCUT2D eigenvalue weighted by atomic mass is 32.2. The summed E-state index contributed by atoms with van der Waals surface area (Å²) in [7, 11) is -5.27. The molecule has 2 atom stereocenters. The van der Waals surface area contributed by atoms with Crippen LogP contribution in [0.1, 0.15) is 71.0 Å². The normalized spacial score (nSPS) is 13.1. The van der Waals surface area contributed by atoms with Crippen LogP contribution in [0.5, 0.6) is 0 Å². The predicted octanol–water partition coefficient (Wildman–Crippen LogP) is 5.57. The zero-order valence-electron chi connectivity index (χ0n) is 28.4. The number of carbonyl (C=O) groups is 2. The Morgan fingerprint density at radius 3 is 2.04 bits per heavy atom. The van der Waals surface area contributed by atoms with Crippen LogP contribution in [0.3, 0.4) is 0 Å². The number of hydrogen-bond acceptors (Lipinski definition) is 6. The molecule has 0 fully saturated rings. The van der Waals surface area contributed by atoms with Gasteiger partial charge in [-0.1, -0.05) is 45.0 Å². The summed E-state index contributed by atoms with van der Waals surface area (Å²) in [6, 6.07) is 12.2. The van der Waals surface area contributed by atoms with Crippen molar-refractivity contribution in [3.05, 3.63) is 100 Å². The Kier molecular flexibility index (Phi) is 14.3. The van der Waals surface area contributed by atoms with Gasteiger partial charge in [-0.15, -0.1) is 0 Å². The number of aliphatic hydroxyl groups is 1. The third kappa shape index (κ3) is 10.7. The van der Waals surface area contributed by atoms with Gasteiger partial charge in [0.2, 0.25) is 0 Å². The Morgan fingerprint density at radius 2 is 1.46 bits per heavy atom. The van der Waals surface area contributed by atoms with Gasteiger partial charge in [-0.2, -0.15) is 21.6 Å². The van der Waals surface area contributed by atoms with E-state index in [2.05, 4.69) is 10.6 Å². The fourth-order valence-electron chi connectivity index (χ4n) is 5.36. The van der Waals surface area contributed by atoms with E-state index < -0.39 is 56.8 Å². The molecular weight excluding hydrogens is 683 g/mol. The molecule has 9 nitrogen and oxygen atoms in total. The molecule has 274 valence electrons. The molecule has 3 aromatic carbocycles. The highest BCUT2D eigenvalue weighted by Gasteiger charge is 2.49. The van der Waals surface area contributed by atoms with E-state index in [9.17, 15) is 45.1 Å². The van der Waals surface area contributed by atoms with Crippen LogP contribution in [-0.2, 0) is 29.4 Å². The number of rotatable bonds is 17. The SMILES string of the molecule is CCCN(CCC)C(=O)c1cc(C(=O)N[C@@H](Cc2cc(F)cc(F)c2)[C@H](O)CNCc2cccc(CC)c2)cc(N(C)S(=O)(=O)C(F)(F)F)c1. The maximum Gasteiger partial charge on any atom is 0.516 e. The molecule has 0 spiro atoms. The molecule has 0 unspecified atom stereocenters. The maximum atomic E-state index is 14.1. The molecule has 0 radical (unpaired) electrons. The zero-order valence-corrected chi connectivity index (χ0v) is 29.2. The Hall–Kier alpha value is -4.08. The molecule has 3 N–H and O–H groups in total. The first-order valence-corrected chi connectivity index (χ1v) is 17.7. The van der Waals surface area contributed by atoms with E-state index in [1.807, 2.05) is 45.0 Å². The van der Waals surface area contributed by atoms with Gasteiger partial charge in [0.15, 0.2) is 0 Å². The first kappa shape index (κ1) is 40.4. The molecule has 15 heteroatoms. The first-order chi connectivity index (χ1) is 23.5. The van der Waals surface area contributed by atoms with Crippen LogP contribution in [0.4, 0.5) is 27.6 Å². The summed E-state index contributed by atoms with van der Waals surface area (Å²) in [5.41, 5.74) is -4.78. The van der Waals surface area contributed by atoms with Crippen LogP contribution in [0, 0.1) is 11.6 Å². The molecule has 0 aliphatic rings. The lowest BCUT2D eigenvalue weighted by atomic mass is 9.99. The van der Waals surface area contributed by atoms with Crippen molar-refractivity contribution >= 4 is 27.5 Å². The molecule has 3 aromatic rings. The van der Waals surface area contributed by atoms with Gasteiger partial charge < -0.3 is 20.6 Å². The fourth-order valence-corrected chi connectivity index (χ4v) is 6.06. The lowest BCUT2D eigenvalue weighted by Crippen LogP contribution is -2.48. The third-order valence-electron chi connectivity index (χ3n) is 7.96. The lowest BCUT2D eigenvalue weighted by molar-refractivity contribution is -0.0437. The van der Waals surface area contributed by atoms with E-state index >= 15 is 0 Å². The van der Waals surface area contributed by atoms with E-state index in [4.69, 9.17) is 0 Å². The summed E-state index contributed by atoms with van der Waals surface area (Å²) >= 11 is 0. The largest absolute Gasteiger partial charge is 0.516 e. The minimum absolute atomic E-state index is 0.0656. The van der Waals surface area contributed by atoms with Crippen molar-refractivity contribution < 1.29 is 45.1 Å². The molecule has 2 amide bonds. The average molecular weight is 727 g/mol. The second-order valence-electron chi connectivity index (χ2n) is 11.9. The van der Waals surface area contributed by atoms with E-state index in [0.29, 0.717) is 45.6 Å². The monoisotopic (exact) mass is 726 g/mol. The van der Waals surface area contributed by atoms with E-state index in [0.717, 1.165) is 47.9 Å². The number of benzene rings is 3. The van der Waals surface area contributed by atoms with Gasteiger partial charge in [-0.05, 0) is 72.7 Å². The van der Waals surface area contributed by atoms with Crippen molar-refractivity contribution in [3.63, 3.8) is 0 Å². The van der Waals surface area contributed by atoms with Crippen molar-refractivity contribution in [1.29, 1.82) is 0 Å². The molecule has 0 saturated carbocycles. The van der Waals surface area contributed by atoms with Crippen LogP contribution in [0.25, 0.3) is 0 Å². The Morgan fingerprint density at radius 1 is 0.860 bits per heavy atom. The number of halogens is 5. The van der Waals surface area contributed by atoms with Crippen molar-refractivity contribution in [1.82, 2.24) is 15.5 Å². The minimum atomic E-state index is -5.92.